The Kier molecular flexibility index (Phi) is 29.3. The molecule has 0 radical (unpaired) electrons. The van der Waals surface area contributed by atoms with Crippen molar-refractivity contribution in [1.29, 1.82) is 0 Å². The molecule has 0 spiro atoms. The molecular formula is C94H138N4S4+4. The number of fused-ring (bicyclic) bond motifs is 6. The molecule has 4 heterocycles. The van der Waals surface area contributed by atoms with Gasteiger partial charge in [0.25, 0.3) is 0 Å². The molecule has 0 bridgehead atoms. The fourth-order valence-electron chi connectivity index (χ4n) is 17.1. The molecule has 0 atom stereocenters. The lowest BCUT2D eigenvalue weighted by Gasteiger charge is -2.33. The van der Waals surface area contributed by atoms with E-state index in [9.17, 15) is 0 Å². The molecule has 0 unspecified atom stereocenters. The fraction of sp³-hybridized carbons (Fsp3) is 0.574. The molecule has 0 amide bonds. The Morgan fingerprint density at radius 2 is 0.471 bits per heavy atom. The van der Waals surface area contributed by atoms with Crippen molar-refractivity contribution in [3.05, 3.63) is 153 Å². The second-order valence-electron chi connectivity index (χ2n) is 35.8. The summed E-state index contributed by atoms with van der Waals surface area (Å²) in [4.78, 5) is 11.5. The molecule has 0 aliphatic heterocycles. The highest BCUT2D eigenvalue weighted by Crippen LogP contribution is 2.59. The second kappa shape index (κ2) is 37.4. The average molecular weight is 1450 g/mol. The third-order valence-electron chi connectivity index (χ3n) is 22.9. The minimum Gasteiger partial charge on any atom is -0.331 e. The van der Waals surface area contributed by atoms with Crippen LogP contribution >= 0.6 is 45.3 Å². The number of nitrogens with zero attached hydrogens (tertiary/aromatic N) is 4. The molecule has 0 fully saturated rings. The van der Waals surface area contributed by atoms with E-state index in [0.29, 0.717) is 0 Å². The van der Waals surface area contributed by atoms with Gasteiger partial charge in [0.15, 0.2) is 0 Å². The molecule has 4 aromatic heterocycles. The topological polar surface area (TPSA) is 0 Å². The zero-order valence-electron chi connectivity index (χ0n) is 66.8. The van der Waals surface area contributed by atoms with Crippen molar-refractivity contribution < 1.29 is 17.9 Å². The molecule has 0 saturated carbocycles. The lowest BCUT2D eigenvalue weighted by Crippen LogP contribution is -2.35. The maximum Gasteiger partial charge on any atom is 0.0780 e. The van der Waals surface area contributed by atoms with Crippen LogP contribution in [0.25, 0.3) is 73.8 Å². The monoisotopic (exact) mass is 1450 g/mol. The quantitative estimate of drug-likeness (QED) is 0.0263. The van der Waals surface area contributed by atoms with Gasteiger partial charge in [-0.05, 0) is 242 Å². The Morgan fingerprint density at radius 3 is 0.755 bits per heavy atom. The van der Waals surface area contributed by atoms with Gasteiger partial charge in [0, 0.05) is 49.8 Å². The van der Waals surface area contributed by atoms with Gasteiger partial charge in [-0.1, -0.05) is 178 Å². The summed E-state index contributed by atoms with van der Waals surface area (Å²) in [6.07, 6.45) is 44.1. The lowest BCUT2D eigenvalue weighted by molar-refractivity contribution is -0.870. The highest BCUT2D eigenvalue weighted by Gasteiger charge is 2.45. The molecule has 10 rings (SSSR count). The zero-order valence-corrected chi connectivity index (χ0v) is 70.1. The fourth-order valence-corrected chi connectivity index (χ4v) is 21.3. The highest BCUT2D eigenvalue weighted by molar-refractivity contribution is 7.25. The van der Waals surface area contributed by atoms with Crippen LogP contribution in [0.2, 0.25) is 0 Å². The maximum absolute atomic E-state index is 2.70. The summed E-state index contributed by atoms with van der Waals surface area (Å²) < 4.78 is 4.19. The standard InChI is InChI=1S/C94H138N4S4/c1-15-17-19-21-23-33-43-77-49-55-87(99-77)73-45-51-79-81-53-47-75(71-85(81)93(83(79)69-73,61-35-25-29-39-65-95(3,4)5)62-36-26-30-40-66-96(6,7)8)89-57-59-91(101-89)92-60-58-90(102-92)76-48-54-82-80-52-46-74(88-56-50-78(100-88)44-34-24-22-20-18-16-2)70-84(80)94(86(82)72-76,63-37-27-31-41-67-97(9,10)11)64-38-28-32-42-68-98(12,13)14/h45-60,69-72H,15-44,61-68H2,1-14H3/q+4. The molecule has 2 aliphatic carbocycles. The van der Waals surface area contributed by atoms with Crippen LogP contribution in [0.15, 0.2) is 121 Å². The van der Waals surface area contributed by atoms with Gasteiger partial charge in [-0.25, -0.2) is 0 Å². The Morgan fingerprint density at radius 1 is 0.235 bits per heavy atom. The number of quaternary nitrogens is 4. The van der Waals surface area contributed by atoms with E-state index in [1.54, 1.807) is 32.0 Å². The summed E-state index contributed by atoms with van der Waals surface area (Å²) in [6.45, 7) is 9.61. The normalized spacial score (nSPS) is 14.1. The van der Waals surface area contributed by atoms with E-state index in [1.807, 2.05) is 22.7 Å². The van der Waals surface area contributed by atoms with Gasteiger partial charge in [-0.3, -0.25) is 0 Å². The molecule has 4 nitrogen and oxygen atoms in total. The van der Waals surface area contributed by atoms with Gasteiger partial charge in [-0.15, -0.1) is 45.3 Å². The van der Waals surface area contributed by atoms with E-state index in [4.69, 9.17) is 0 Å². The van der Waals surface area contributed by atoms with Crippen LogP contribution < -0.4 is 0 Å². The smallest absolute Gasteiger partial charge is 0.0780 e. The van der Waals surface area contributed by atoms with Gasteiger partial charge in [0.2, 0.25) is 0 Å². The predicted octanol–water partition coefficient (Wildman–Crippen LogP) is 27.2. The largest absolute Gasteiger partial charge is 0.331 e. The van der Waals surface area contributed by atoms with E-state index in [-0.39, 0.29) is 10.8 Å². The molecule has 554 valence electrons. The SMILES string of the molecule is CCCCCCCCc1ccc(-c2ccc3c(c2)C(CCCCCC[N+](C)(C)C)(CCCCCC[N+](C)(C)C)c2cc(-c4ccc(-c5ccc(-c6ccc7c(c6)C(CCCCCC[N+](C)(C)C)(CCCCCC[N+](C)(C)C)c6cc(-c8ccc(CCCCCCCC)s8)ccc6-7)s5)s4)ccc2-3)s1. The van der Waals surface area contributed by atoms with E-state index >= 15 is 0 Å². The number of unbranched alkanes of at least 4 members (excludes halogenated alkanes) is 22. The Bertz CT molecular complexity index is 3550. The van der Waals surface area contributed by atoms with Gasteiger partial charge in [-0.2, -0.15) is 0 Å². The van der Waals surface area contributed by atoms with Crippen molar-refractivity contribution in [3.8, 4) is 73.8 Å². The molecule has 2 aliphatic rings. The van der Waals surface area contributed by atoms with E-state index in [1.165, 1.54) is 318 Å². The first kappa shape index (κ1) is 80.1. The lowest BCUT2D eigenvalue weighted by atomic mass is 9.70. The van der Waals surface area contributed by atoms with Crippen molar-refractivity contribution in [2.75, 3.05) is 111 Å². The van der Waals surface area contributed by atoms with Gasteiger partial charge in [0.1, 0.15) is 0 Å². The second-order valence-corrected chi connectivity index (χ2v) is 40.3. The summed E-state index contributed by atoms with van der Waals surface area (Å²) in [5.41, 5.74) is 17.9. The number of hydrogen-bond acceptors (Lipinski definition) is 4. The Hall–Kier alpha value is -4.48. The zero-order chi connectivity index (χ0) is 72.4. The first-order chi connectivity index (χ1) is 48.9. The van der Waals surface area contributed by atoms with Crippen molar-refractivity contribution in [2.45, 2.75) is 243 Å². The molecule has 8 aromatic rings. The summed E-state index contributed by atoms with van der Waals surface area (Å²) in [5.74, 6) is 0. The van der Waals surface area contributed by atoms with Crippen LogP contribution in [0.3, 0.4) is 0 Å². The van der Waals surface area contributed by atoms with Gasteiger partial charge >= 0.3 is 0 Å². The van der Waals surface area contributed by atoms with Crippen molar-refractivity contribution in [1.82, 2.24) is 0 Å². The maximum atomic E-state index is 2.70. The van der Waals surface area contributed by atoms with Crippen molar-refractivity contribution in [2.24, 2.45) is 0 Å². The minimum atomic E-state index is -0.0207. The summed E-state index contributed by atoms with van der Waals surface area (Å²) in [5, 5.41) is 0. The Labute approximate surface area is 639 Å². The Balaban J connectivity index is 0.957. The predicted molar refractivity (Wildman–Crippen MR) is 456 cm³/mol. The van der Waals surface area contributed by atoms with E-state index in [0.717, 1.165) is 17.9 Å². The number of thiophene rings is 4. The van der Waals surface area contributed by atoms with E-state index in [2.05, 4.69) is 242 Å². The number of rotatable bonds is 47. The number of aryl methyl sites for hydroxylation is 2. The summed E-state index contributed by atoms with van der Waals surface area (Å²) in [7, 11) is 28.3. The third-order valence-corrected chi connectivity index (χ3v) is 27.8. The highest BCUT2D eigenvalue weighted by atomic mass is 32.1. The van der Waals surface area contributed by atoms with Gasteiger partial charge < -0.3 is 17.9 Å². The van der Waals surface area contributed by atoms with Crippen molar-refractivity contribution in [3.63, 3.8) is 0 Å². The average Bonchev–Trinajstić information content (AvgIpc) is 1.57. The van der Waals surface area contributed by atoms with Crippen LogP contribution in [-0.4, -0.2) is 129 Å². The van der Waals surface area contributed by atoms with Crippen LogP contribution in [-0.2, 0) is 23.7 Å². The summed E-state index contributed by atoms with van der Waals surface area (Å²) in [6, 6.07) is 50.5. The third kappa shape index (κ3) is 22.3. The first-order valence-electron chi connectivity index (χ1n) is 41.1. The number of hydrogen-bond donors (Lipinski definition) is 0. The number of benzene rings is 4. The first-order valence-corrected chi connectivity index (χ1v) is 44.4. The molecular weight excluding hydrogens is 1310 g/mol. The van der Waals surface area contributed by atoms with Crippen LogP contribution in [0.4, 0.5) is 0 Å². The van der Waals surface area contributed by atoms with Crippen LogP contribution in [0, 0.1) is 0 Å². The molecule has 102 heavy (non-hydrogen) atoms. The summed E-state index contributed by atoms with van der Waals surface area (Å²) >= 11 is 8.12. The van der Waals surface area contributed by atoms with Crippen LogP contribution in [0.5, 0.6) is 0 Å². The van der Waals surface area contributed by atoms with E-state index < -0.39 is 0 Å². The molecule has 8 heteroatoms. The van der Waals surface area contributed by atoms with Gasteiger partial charge in [0.05, 0.1) is 111 Å². The van der Waals surface area contributed by atoms with Crippen LogP contribution in [0.1, 0.15) is 251 Å². The van der Waals surface area contributed by atoms with Crippen molar-refractivity contribution >= 4 is 45.3 Å². The minimum absolute atomic E-state index is 0.0207. The molecule has 0 N–H and O–H groups in total. The molecule has 0 saturated heterocycles. The molecule has 4 aromatic carbocycles.